The normalized spacial score (nSPS) is 10.2. The van der Waals surface area contributed by atoms with Gasteiger partial charge in [0.05, 0.1) is 6.61 Å². The fourth-order valence-corrected chi connectivity index (χ4v) is 1.16. The Kier molecular flexibility index (Phi) is 4.50. The number of carbonyl (C=O) groups is 1. The van der Waals surface area contributed by atoms with E-state index in [1.165, 1.54) is 0 Å². The highest BCUT2D eigenvalue weighted by molar-refractivity contribution is 5.69. The number of H-pyrrole nitrogens is 1. The second-order valence-corrected chi connectivity index (χ2v) is 3.55. The van der Waals surface area contributed by atoms with E-state index in [1.54, 1.807) is 0 Å². The number of anilines is 1. The Morgan fingerprint density at radius 2 is 2.24 bits per heavy atom. The first kappa shape index (κ1) is 13.0. The summed E-state index contributed by atoms with van der Waals surface area (Å²) in [5, 5.41) is 0. The molecule has 0 unspecified atom stereocenters. The van der Waals surface area contributed by atoms with Crippen molar-refractivity contribution in [2.75, 3.05) is 12.3 Å². The van der Waals surface area contributed by atoms with E-state index in [2.05, 4.69) is 0 Å². The molecule has 7 heteroatoms. The van der Waals surface area contributed by atoms with Gasteiger partial charge in [0.15, 0.2) is 0 Å². The average Bonchev–Trinajstić information content (AvgIpc) is 2.26. The maximum absolute atomic E-state index is 11.3. The summed E-state index contributed by atoms with van der Waals surface area (Å²) < 4.78 is 5.88. The number of carbonyl (C=O) groups excluding carboxylic acids is 1. The molecule has 0 aliphatic heterocycles. The van der Waals surface area contributed by atoms with Crippen molar-refractivity contribution in [2.45, 2.75) is 26.3 Å². The summed E-state index contributed by atoms with van der Waals surface area (Å²) in [5.74, 6) is -0.535. The molecule has 0 atom stereocenters. The molecular weight excluding hydrogens is 226 g/mol. The molecule has 0 spiro atoms. The lowest BCUT2D eigenvalue weighted by atomic mass is 10.4. The molecule has 17 heavy (non-hydrogen) atoms. The zero-order chi connectivity index (χ0) is 12.8. The zero-order valence-corrected chi connectivity index (χ0v) is 9.56. The number of rotatable bonds is 5. The summed E-state index contributed by atoms with van der Waals surface area (Å²) in [6, 6.07) is 0. The van der Waals surface area contributed by atoms with Crippen LogP contribution in [0.25, 0.3) is 0 Å². The number of aromatic amines is 1. The van der Waals surface area contributed by atoms with Crippen LogP contribution in [0.5, 0.6) is 0 Å². The Labute approximate surface area is 97.2 Å². The smallest absolute Gasteiger partial charge is 0.328 e. The molecule has 0 bridgehead atoms. The van der Waals surface area contributed by atoms with Crippen molar-refractivity contribution in [3.05, 3.63) is 27.0 Å². The van der Waals surface area contributed by atoms with E-state index in [4.69, 9.17) is 10.5 Å². The molecule has 1 rings (SSSR count). The Hall–Kier alpha value is -2.05. The molecule has 0 amide bonds. The quantitative estimate of drug-likeness (QED) is 0.532. The van der Waals surface area contributed by atoms with Crippen molar-refractivity contribution in [1.82, 2.24) is 9.55 Å². The zero-order valence-electron chi connectivity index (χ0n) is 9.56. The van der Waals surface area contributed by atoms with Crippen LogP contribution in [0.2, 0.25) is 0 Å². The lowest BCUT2D eigenvalue weighted by Crippen LogP contribution is -2.33. The topological polar surface area (TPSA) is 107 Å². The summed E-state index contributed by atoms with van der Waals surface area (Å²) in [6.07, 6.45) is 2.81. The van der Waals surface area contributed by atoms with E-state index in [9.17, 15) is 14.4 Å². The van der Waals surface area contributed by atoms with Gasteiger partial charge in [0.2, 0.25) is 0 Å². The SMILES string of the molecule is CCCCOC(=O)Cn1cc(N)c(=O)[nH]c1=O. The van der Waals surface area contributed by atoms with Gasteiger partial charge in [-0.2, -0.15) is 0 Å². The van der Waals surface area contributed by atoms with Crippen LogP contribution in [0.4, 0.5) is 5.69 Å². The van der Waals surface area contributed by atoms with Gasteiger partial charge in [0.25, 0.3) is 5.56 Å². The van der Waals surface area contributed by atoms with Crippen molar-refractivity contribution in [2.24, 2.45) is 0 Å². The summed E-state index contributed by atoms with van der Waals surface area (Å²) in [6.45, 7) is 2.04. The second-order valence-electron chi connectivity index (χ2n) is 3.55. The van der Waals surface area contributed by atoms with Gasteiger partial charge >= 0.3 is 11.7 Å². The van der Waals surface area contributed by atoms with Crippen LogP contribution in [-0.2, 0) is 16.1 Å². The van der Waals surface area contributed by atoms with Gasteiger partial charge in [0, 0.05) is 6.20 Å². The minimum atomic E-state index is -0.684. The fourth-order valence-electron chi connectivity index (χ4n) is 1.16. The second kappa shape index (κ2) is 5.88. The van der Waals surface area contributed by atoms with Gasteiger partial charge in [-0.1, -0.05) is 13.3 Å². The number of hydrogen-bond donors (Lipinski definition) is 2. The molecule has 0 aromatic carbocycles. The highest BCUT2D eigenvalue weighted by atomic mass is 16.5. The predicted molar refractivity (Wildman–Crippen MR) is 61.6 cm³/mol. The first-order chi connectivity index (χ1) is 8.04. The van der Waals surface area contributed by atoms with Crippen LogP contribution < -0.4 is 17.0 Å². The Balaban J connectivity index is 2.69. The number of esters is 1. The third kappa shape index (κ3) is 3.78. The first-order valence-electron chi connectivity index (χ1n) is 5.29. The molecular formula is C10H15N3O4. The first-order valence-corrected chi connectivity index (χ1v) is 5.29. The molecule has 0 aliphatic rings. The number of nitrogens with zero attached hydrogens (tertiary/aromatic N) is 1. The third-order valence-electron chi connectivity index (χ3n) is 2.10. The maximum Gasteiger partial charge on any atom is 0.328 e. The Bertz CT molecular complexity index is 503. The minimum absolute atomic E-state index is 0.119. The fraction of sp³-hybridized carbons (Fsp3) is 0.500. The molecule has 3 N–H and O–H groups in total. The third-order valence-corrected chi connectivity index (χ3v) is 2.10. The lowest BCUT2D eigenvalue weighted by molar-refractivity contribution is -0.144. The van der Waals surface area contributed by atoms with E-state index in [1.807, 2.05) is 11.9 Å². The molecule has 0 radical (unpaired) electrons. The molecule has 1 aromatic heterocycles. The number of nitrogen functional groups attached to an aromatic ring is 1. The molecule has 1 heterocycles. The van der Waals surface area contributed by atoms with Crippen molar-refractivity contribution in [1.29, 1.82) is 0 Å². The van der Waals surface area contributed by atoms with Gasteiger partial charge in [-0.3, -0.25) is 19.1 Å². The highest BCUT2D eigenvalue weighted by Crippen LogP contribution is 1.92. The number of aromatic nitrogens is 2. The number of ether oxygens (including phenoxy) is 1. The number of nitrogens with two attached hydrogens (primary N) is 1. The van der Waals surface area contributed by atoms with Gasteiger partial charge in [-0.15, -0.1) is 0 Å². The molecule has 7 nitrogen and oxygen atoms in total. The van der Waals surface area contributed by atoms with Gasteiger partial charge in [-0.25, -0.2) is 4.79 Å². The molecule has 0 aliphatic carbocycles. The van der Waals surface area contributed by atoms with Crippen LogP contribution in [0.15, 0.2) is 15.8 Å². The van der Waals surface area contributed by atoms with Crippen molar-refractivity contribution in [3.63, 3.8) is 0 Å². The van der Waals surface area contributed by atoms with Gasteiger partial charge < -0.3 is 10.5 Å². The van der Waals surface area contributed by atoms with Crippen molar-refractivity contribution >= 4 is 11.7 Å². The molecule has 94 valence electrons. The summed E-state index contributed by atoms with van der Waals surface area (Å²) in [5.41, 5.74) is 3.87. The van der Waals surface area contributed by atoms with Crippen LogP contribution in [-0.4, -0.2) is 22.1 Å². The lowest BCUT2D eigenvalue weighted by Gasteiger charge is -2.06. The van der Waals surface area contributed by atoms with E-state index in [0.717, 1.165) is 23.6 Å². The molecule has 1 aromatic rings. The maximum atomic E-state index is 11.3. The minimum Gasteiger partial charge on any atom is -0.464 e. The Morgan fingerprint density at radius 3 is 2.88 bits per heavy atom. The van der Waals surface area contributed by atoms with Gasteiger partial charge in [0.1, 0.15) is 12.2 Å². The van der Waals surface area contributed by atoms with E-state index < -0.39 is 17.2 Å². The predicted octanol–water partition coefficient (Wildman–Crippen LogP) is -0.538. The van der Waals surface area contributed by atoms with Crippen LogP contribution in [0.3, 0.4) is 0 Å². The van der Waals surface area contributed by atoms with E-state index in [-0.39, 0.29) is 12.2 Å². The molecule has 0 saturated carbocycles. The van der Waals surface area contributed by atoms with E-state index in [0.29, 0.717) is 6.61 Å². The monoisotopic (exact) mass is 241 g/mol. The van der Waals surface area contributed by atoms with Crippen molar-refractivity contribution < 1.29 is 9.53 Å². The van der Waals surface area contributed by atoms with Crippen LogP contribution >= 0.6 is 0 Å². The summed E-state index contributed by atoms with van der Waals surface area (Å²) in [7, 11) is 0. The summed E-state index contributed by atoms with van der Waals surface area (Å²) >= 11 is 0. The average molecular weight is 241 g/mol. The van der Waals surface area contributed by atoms with Crippen LogP contribution in [0, 0.1) is 0 Å². The van der Waals surface area contributed by atoms with Crippen molar-refractivity contribution in [3.8, 4) is 0 Å². The standard InChI is InChI=1S/C10H15N3O4/c1-2-3-4-17-8(14)6-13-5-7(11)9(15)12-10(13)16/h5H,2-4,6,11H2,1H3,(H,12,15,16). The molecule has 0 fully saturated rings. The number of unbranched alkanes of at least 4 members (excludes halogenated alkanes) is 1. The van der Waals surface area contributed by atoms with E-state index >= 15 is 0 Å². The summed E-state index contributed by atoms with van der Waals surface area (Å²) in [4.78, 5) is 35.6. The van der Waals surface area contributed by atoms with Gasteiger partial charge in [-0.05, 0) is 6.42 Å². The Morgan fingerprint density at radius 1 is 1.53 bits per heavy atom. The molecule has 0 saturated heterocycles. The highest BCUT2D eigenvalue weighted by Gasteiger charge is 2.07. The van der Waals surface area contributed by atoms with Crippen LogP contribution in [0.1, 0.15) is 19.8 Å². The largest absolute Gasteiger partial charge is 0.464 e. The number of nitrogens with one attached hydrogen (secondary N) is 1. The number of hydrogen-bond acceptors (Lipinski definition) is 5.